The molecular weight excluding hydrogens is 418 g/mol. The fourth-order valence-corrected chi connectivity index (χ4v) is 4.13. The number of rotatable bonds is 3. The largest absolute Gasteiger partial charge is 0.466 e. The van der Waals surface area contributed by atoms with Gasteiger partial charge in [0.1, 0.15) is 5.82 Å². The summed E-state index contributed by atoms with van der Waals surface area (Å²) in [7, 11) is 1.31. The van der Waals surface area contributed by atoms with Crippen LogP contribution in [0.4, 0.5) is 5.82 Å². The number of methoxy groups -OCH3 is 1. The Morgan fingerprint density at radius 2 is 1.87 bits per heavy atom. The first-order valence-corrected chi connectivity index (χ1v) is 9.88. The molecule has 8 nitrogen and oxygen atoms in total. The van der Waals surface area contributed by atoms with Crippen molar-refractivity contribution in [3.63, 3.8) is 0 Å². The third-order valence-electron chi connectivity index (χ3n) is 5.27. The van der Waals surface area contributed by atoms with Crippen LogP contribution >= 0.6 is 12.2 Å². The molecule has 0 radical (unpaired) electrons. The van der Waals surface area contributed by atoms with Gasteiger partial charge in [-0.15, -0.1) is 0 Å². The molecule has 0 saturated carbocycles. The van der Waals surface area contributed by atoms with Crippen molar-refractivity contribution in [2.24, 2.45) is 0 Å². The second-order valence-corrected chi connectivity index (χ2v) is 7.42. The van der Waals surface area contributed by atoms with Crippen LogP contribution in [0.2, 0.25) is 0 Å². The number of hydrogen-bond donors (Lipinski definition) is 3. The van der Waals surface area contributed by atoms with Gasteiger partial charge in [-0.3, -0.25) is 9.78 Å². The highest BCUT2D eigenvalue weighted by Crippen LogP contribution is 2.45. The van der Waals surface area contributed by atoms with Gasteiger partial charge >= 0.3 is 5.97 Å². The van der Waals surface area contributed by atoms with Crippen molar-refractivity contribution < 1.29 is 19.0 Å². The lowest BCUT2D eigenvalue weighted by Crippen LogP contribution is -2.30. The van der Waals surface area contributed by atoms with E-state index >= 15 is 0 Å². The van der Waals surface area contributed by atoms with E-state index in [0.717, 1.165) is 5.56 Å². The monoisotopic (exact) mass is 435 g/mol. The summed E-state index contributed by atoms with van der Waals surface area (Å²) in [6.07, 6.45) is 0. The van der Waals surface area contributed by atoms with Crippen molar-refractivity contribution in [1.82, 2.24) is 9.97 Å². The molecule has 9 heteroatoms. The number of carbonyl (C=O) groups excluding carboxylic acids is 1. The molecule has 31 heavy (non-hydrogen) atoms. The van der Waals surface area contributed by atoms with Gasteiger partial charge in [0, 0.05) is 0 Å². The molecule has 1 unspecified atom stereocenters. The van der Waals surface area contributed by atoms with E-state index in [1.807, 2.05) is 30.3 Å². The van der Waals surface area contributed by atoms with Gasteiger partial charge in [-0.2, -0.15) is 0 Å². The average Bonchev–Trinajstić information content (AvgIpc) is 3.25. The number of H-pyrrole nitrogens is 2. The first-order valence-electron chi connectivity index (χ1n) is 9.48. The van der Waals surface area contributed by atoms with Crippen LogP contribution in [0.3, 0.4) is 0 Å². The van der Waals surface area contributed by atoms with Crippen LogP contribution < -0.4 is 20.3 Å². The van der Waals surface area contributed by atoms with Gasteiger partial charge in [0.25, 0.3) is 5.56 Å². The van der Waals surface area contributed by atoms with Crippen LogP contribution in [0, 0.1) is 4.77 Å². The molecule has 0 aliphatic carbocycles. The minimum atomic E-state index is -0.732. The maximum atomic E-state index is 13.0. The van der Waals surface area contributed by atoms with E-state index in [0.29, 0.717) is 39.7 Å². The minimum absolute atomic E-state index is 0.115. The molecule has 0 bridgehead atoms. The summed E-state index contributed by atoms with van der Waals surface area (Å²) < 4.78 is 16.2. The Bertz CT molecular complexity index is 1340. The Hall–Kier alpha value is -3.85. The van der Waals surface area contributed by atoms with Crippen molar-refractivity contribution in [3.05, 3.63) is 85.9 Å². The van der Waals surface area contributed by atoms with Crippen molar-refractivity contribution in [2.45, 2.75) is 5.92 Å². The predicted octanol–water partition coefficient (Wildman–Crippen LogP) is 3.30. The summed E-state index contributed by atoms with van der Waals surface area (Å²) in [6, 6.07) is 14.7. The Labute approximate surface area is 181 Å². The van der Waals surface area contributed by atoms with E-state index in [2.05, 4.69) is 15.3 Å². The maximum Gasteiger partial charge on any atom is 0.336 e. The summed E-state index contributed by atoms with van der Waals surface area (Å²) in [6.45, 7) is 0.115. The number of anilines is 1. The smallest absolute Gasteiger partial charge is 0.336 e. The summed E-state index contributed by atoms with van der Waals surface area (Å²) in [5.74, 6) is 0.281. The summed E-state index contributed by atoms with van der Waals surface area (Å²) >= 11 is 5.17. The van der Waals surface area contributed by atoms with Gasteiger partial charge in [0.15, 0.2) is 16.3 Å². The van der Waals surface area contributed by atoms with Crippen LogP contribution in [0.15, 0.2) is 58.9 Å². The Morgan fingerprint density at radius 3 is 2.65 bits per heavy atom. The number of nitrogens with one attached hydrogen (secondary N) is 3. The third-order valence-corrected chi connectivity index (χ3v) is 5.48. The number of benzene rings is 2. The second-order valence-electron chi connectivity index (χ2n) is 7.01. The van der Waals surface area contributed by atoms with E-state index in [-0.39, 0.29) is 11.6 Å². The standard InChI is InChI=1S/C22H17N3O5S/c1-28-21(27)16-15(12-7-8-13-14(9-12)30-10-29-13)17-19(24-22(31)25-20(17)26)23-18(16)11-5-3-2-4-6-11/h2-9,15H,10H2,1H3,(H3,23,24,25,26,31). The summed E-state index contributed by atoms with van der Waals surface area (Å²) in [5.41, 5.74) is 2.20. The molecule has 2 aromatic carbocycles. The quantitative estimate of drug-likeness (QED) is 0.428. The van der Waals surface area contributed by atoms with Crippen LogP contribution in [-0.2, 0) is 9.53 Å². The zero-order chi connectivity index (χ0) is 21.5. The zero-order valence-corrected chi connectivity index (χ0v) is 17.2. The molecule has 156 valence electrons. The number of carbonyl (C=O) groups is 1. The normalized spacial score (nSPS) is 16.5. The van der Waals surface area contributed by atoms with E-state index < -0.39 is 17.4 Å². The van der Waals surface area contributed by atoms with Crippen molar-refractivity contribution in [3.8, 4) is 11.5 Å². The van der Waals surface area contributed by atoms with Crippen molar-refractivity contribution >= 4 is 29.7 Å². The lowest BCUT2D eigenvalue weighted by Gasteiger charge is -2.30. The maximum absolute atomic E-state index is 13.0. The molecule has 1 aromatic heterocycles. The van der Waals surface area contributed by atoms with E-state index in [4.69, 9.17) is 26.4 Å². The zero-order valence-electron chi connectivity index (χ0n) is 16.4. The molecule has 0 amide bonds. The number of fused-ring (bicyclic) bond motifs is 2. The average molecular weight is 435 g/mol. The summed E-state index contributed by atoms with van der Waals surface area (Å²) in [5, 5.41) is 3.19. The van der Waals surface area contributed by atoms with Gasteiger partial charge in [0.2, 0.25) is 6.79 Å². The van der Waals surface area contributed by atoms with Crippen molar-refractivity contribution in [2.75, 3.05) is 19.2 Å². The molecule has 5 rings (SSSR count). The minimum Gasteiger partial charge on any atom is -0.466 e. The van der Waals surface area contributed by atoms with Gasteiger partial charge in [0.05, 0.1) is 29.9 Å². The Balaban J connectivity index is 1.83. The first kappa shape index (κ1) is 19.1. The molecule has 3 aromatic rings. The molecule has 3 heterocycles. The fraction of sp³-hybridized carbons (Fsp3) is 0.136. The van der Waals surface area contributed by atoms with E-state index in [1.54, 1.807) is 18.2 Å². The van der Waals surface area contributed by atoms with E-state index in [9.17, 15) is 9.59 Å². The number of ether oxygens (including phenoxy) is 3. The van der Waals surface area contributed by atoms with Gasteiger partial charge in [-0.25, -0.2) is 4.79 Å². The topological polar surface area (TPSA) is 105 Å². The van der Waals surface area contributed by atoms with Crippen LogP contribution in [0.1, 0.15) is 22.6 Å². The highest BCUT2D eigenvalue weighted by molar-refractivity contribution is 7.71. The number of aromatic nitrogens is 2. The number of esters is 1. The Kier molecular flexibility index (Phi) is 4.59. The summed E-state index contributed by atoms with van der Waals surface area (Å²) in [4.78, 5) is 31.6. The van der Waals surface area contributed by atoms with Crippen LogP contribution in [0.5, 0.6) is 11.5 Å². The first-order chi connectivity index (χ1) is 15.1. The SMILES string of the molecule is COC(=O)C1=C(c2ccccc2)Nc2[nH]c(=S)[nH]c(=O)c2C1c1ccc2c(c1)OCO2. The molecule has 1 atom stereocenters. The molecule has 2 aliphatic heterocycles. The highest BCUT2D eigenvalue weighted by atomic mass is 32.1. The fourth-order valence-electron chi connectivity index (χ4n) is 3.94. The van der Waals surface area contributed by atoms with Crippen LogP contribution in [0.25, 0.3) is 5.70 Å². The van der Waals surface area contributed by atoms with E-state index in [1.165, 1.54) is 7.11 Å². The molecule has 0 fully saturated rings. The van der Waals surface area contributed by atoms with Crippen molar-refractivity contribution in [1.29, 1.82) is 0 Å². The predicted molar refractivity (Wildman–Crippen MR) is 116 cm³/mol. The van der Waals surface area contributed by atoms with Crippen LogP contribution in [-0.4, -0.2) is 29.8 Å². The van der Waals surface area contributed by atoms with Gasteiger partial charge in [-0.05, 0) is 35.5 Å². The Morgan fingerprint density at radius 1 is 1.10 bits per heavy atom. The molecular formula is C22H17N3O5S. The molecule has 0 saturated heterocycles. The molecule has 3 N–H and O–H groups in total. The lowest BCUT2D eigenvalue weighted by atomic mass is 9.81. The van der Waals surface area contributed by atoms with Gasteiger partial charge in [-0.1, -0.05) is 36.4 Å². The number of hydrogen-bond acceptors (Lipinski definition) is 7. The second kappa shape index (κ2) is 7.44. The lowest BCUT2D eigenvalue weighted by molar-refractivity contribution is -0.136. The third kappa shape index (κ3) is 3.19. The molecule has 2 aliphatic rings. The van der Waals surface area contributed by atoms with Gasteiger partial charge < -0.3 is 24.5 Å². The number of aromatic amines is 2. The molecule has 0 spiro atoms. The highest BCUT2D eigenvalue weighted by Gasteiger charge is 2.38.